The molecule has 0 aromatic heterocycles. The monoisotopic (exact) mass is 306 g/mol. The Bertz CT molecular complexity index is 502. The molecule has 2 aliphatic rings. The van der Waals surface area contributed by atoms with E-state index in [4.69, 9.17) is 11.6 Å². The van der Waals surface area contributed by atoms with Crippen LogP contribution >= 0.6 is 23.4 Å². The molecule has 3 rings (SSSR count). The molecule has 1 atom stereocenters. The summed E-state index contributed by atoms with van der Waals surface area (Å²) in [6, 6.07) is 11.2. The third kappa shape index (κ3) is 3.49. The van der Waals surface area contributed by atoms with E-state index in [1.54, 1.807) is 0 Å². The maximum atomic E-state index is 9.65. The van der Waals surface area contributed by atoms with Crippen molar-refractivity contribution in [2.75, 3.05) is 5.75 Å². The number of benzene rings is 1. The lowest BCUT2D eigenvalue weighted by molar-refractivity contribution is 0.401. The molecular weight excluding hydrogens is 288 g/mol. The molecule has 1 aromatic rings. The van der Waals surface area contributed by atoms with E-state index in [1.807, 2.05) is 23.9 Å². The number of rotatable bonds is 7. The number of hydrogen-bond donors (Lipinski definition) is 1. The molecule has 0 amide bonds. The summed E-state index contributed by atoms with van der Waals surface area (Å²) in [5.41, 5.74) is 0.978. The molecular formula is C16H19ClN2S. The average Bonchev–Trinajstić information content (AvgIpc) is 3.33. The number of thioether (sulfide) groups is 1. The lowest BCUT2D eigenvalue weighted by Gasteiger charge is -2.28. The van der Waals surface area contributed by atoms with Gasteiger partial charge in [0.25, 0.3) is 0 Å². The van der Waals surface area contributed by atoms with E-state index in [-0.39, 0.29) is 5.54 Å². The maximum Gasteiger partial charge on any atom is 0.118 e. The quantitative estimate of drug-likeness (QED) is 0.827. The van der Waals surface area contributed by atoms with Gasteiger partial charge in [-0.1, -0.05) is 23.7 Å². The van der Waals surface area contributed by atoms with Gasteiger partial charge in [0.1, 0.15) is 5.54 Å². The first kappa shape index (κ1) is 14.3. The number of halogens is 1. The smallest absolute Gasteiger partial charge is 0.118 e. The largest absolute Gasteiger partial charge is 0.296 e. The van der Waals surface area contributed by atoms with Gasteiger partial charge >= 0.3 is 0 Å². The predicted molar refractivity (Wildman–Crippen MR) is 84.8 cm³/mol. The van der Waals surface area contributed by atoms with Crippen LogP contribution in [-0.2, 0) is 5.75 Å². The molecule has 20 heavy (non-hydrogen) atoms. The number of nitrogens with one attached hydrogen (secondary N) is 1. The highest BCUT2D eigenvalue weighted by Crippen LogP contribution is 2.43. The molecule has 2 nitrogen and oxygen atoms in total. The zero-order chi connectivity index (χ0) is 14.0. The van der Waals surface area contributed by atoms with E-state index >= 15 is 0 Å². The Hall–Kier alpha value is -0.690. The minimum Gasteiger partial charge on any atom is -0.296 e. The molecule has 106 valence electrons. The first-order chi connectivity index (χ1) is 9.72. The Morgan fingerprint density at radius 1 is 1.25 bits per heavy atom. The van der Waals surface area contributed by atoms with Crippen LogP contribution in [0.5, 0.6) is 0 Å². The van der Waals surface area contributed by atoms with Crippen LogP contribution in [0.15, 0.2) is 24.3 Å². The average molecular weight is 307 g/mol. The van der Waals surface area contributed by atoms with Crippen molar-refractivity contribution in [1.82, 2.24) is 5.32 Å². The molecule has 0 bridgehead atoms. The summed E-state index contributed by atoms with van der Waals surface area (Å²) in [5.74, 6) is 2.39. The Kier molecular flexibility index (Phi) is 4.26. The molecule has 0 saturated heterocycles. The van der Waals surface area contributed by atoms with Crippen molar-refractivity contribution in [3.63, 3.8) is 0 Å². The molecule has 2 saturated carbocycles. The summed E-state index contributed by atoms with van der Waals surface area (Å²) in [4.78, 5) is 0. The fourth-order valence-corrected chi connectivity index (χ4v) is 3.87. The van der Waals surface area contributed by atoms with Crippen LogP contribution in [0.3, 0.4) is 0 Å². The molecule has 1 aromatic carbocycles. The van der Waals surface area contributed by atoms with Gasteiger partial charge in [-0.05, 0) is 49.3 Å². The van der Waals surface area contributed by atoms with Gasteiger partial charge < -0.3 is 0 Å². The second-order valence-electron chi connectivity index (χ2n) is 5.90. The van der Waals surface area contributed by atoms with Gasteiger partial charge in [-0.15, -0.1) is 0 Å². The zero-order valence-electron chi connectivity index (χ0n) is 11.4. The Morgan fingerprint density at radius 3 is 2.50 bits per heavy atom. The molecule has 2 fully saturated rings. The van der Waals surface area contributed by atoms with E-state index in [1.165, 1.54) is 31.2 Å². The van der Waals surface area contributed by atoms with Crippen molar-refractivity contribution < 1.29 is 0 Å². The Labute approximate surface area is 129 Å². The van der Waals surface area contributed by atoms with Crippen LogP contribution < -0.4 is 5.32 Å². The highest BCUT2D eigenvalue weighted by molar-refractivity contribution is 7.98. The highest BCUT2D eigenvalue weighted by Gasteiger charge is 2.47. The molecule has 0 spiro atoms. The lowest BCUT2D eigenvalue weighted by atomic mass is 9.97. The van der Waals surface area contributed by atoms with E-state index < -0.39 is 0 Å². The van der Waals surface area contributed by atoms with Crippen LogP contribution in [0.2, 0.25) is 5.02 Å². The first-order valence-electron chi connectivity index (χ1n) is 7.23. The van der Waals surface area contributed by atoms with Crippen molar-refractivity contribution >= 4 is 23.4 Å². The van der Waals surface area contributed by atoms with Crippen LogP contribution in [-0.4, -0.2) is 17.3 Å². The van der Waals surface area contributed by atoms with Gasteiger partial charge in [0, 0.05) is 22.6 Å². The third-order valence-electron chi connectivity index (χ3n) is 4.02. The van der Waals surface area contributed by atoms with Gasteiger partial charge in [-0.2, -0.15) is 17.0 Å². The number of nitrogens with zero attached hydrogens (tertiary/aromatic N) is 1. The van der Waals surface area contributed by atoms with Crippen molar-refractivity contribution in [2.45, 2.75) is 43.0 Å². The van der Waals surface area contributed by atoms with E-state index in [2.05, 4.69) is 23.5 Å². The summed E-state index contributed by atoms with van der Waals surface area (Å²) in [6.45, 7) is 0. The standard InChI is InChI=1S/C16H19ClN2S/c17-14-5-1-12(2-6-14)9-20-11-16(10-18,13-3-4-13)19-15-7-8-15/h1-2,5-6,13,15,19H,3-4,7-9,11H2. The van der Waals surface area contributed by atoms with Gasteiger partial charge in [-0.25, -0.2) is 0 Å². The Balaban J connectivity index is 1.56. The predicted octanol–water partition coefficient (Wildman–Crippen LogP) is 4.00. The number of hydrogen-bond acceptors (Lipinski definition) is 3. The van der Waals surface area contributed by atoms with Crippen molar-refractivity contribution in [3.05, 3.63) is 34.9 Å². The van der Waals surface area contributed by atoms with Crippen LogP contribution in [0.25, 0.3) is 0 Å². The molecule has 1 N–H and O–H groups in total. The SMILES string of the molecule is N#CC(CSCc1ccc(Cl)cc1)(NC1CC1)C1CC1. The third-order valence-corrected chi connectivity index (χ3v) is 5.47. The highest BCUT2D eigenvalue weighted by atomic mass is 35.5. The van der Waals surface area contributed by atoms with Crippen LogP contribution in [0.4, 0.5) is 0 Å². The van der Waals surface area contributed by atoms with Gasteiger partial charge in [0.15, 0.2) is 0 Å². The minimum atomic E-state index is -0.293. The van der Waals surface area contributed by atoms with E-state index in [0.29, 0.717) is 12.0 Å². The minimum absolute atomic E-state index is 0.293. The lowest BCUT2D eigenvalue weighted by Crippen LogP contribution is -2.49. The van der Waals surface area contributed by atoms with Crippen LogP contribution in [0, 0.1) is 17.2 Å². The first-order valence-corrected chi connectivity index (χ1v) is 8.76. The second-order valence-corrected chi connectivity index (χ2v) is 7.32. The zero-order valence-corrected chi connectivity index (χ0v) is 13.0. The van der Waals surface area contributed by atoms with Crippen molar-refractivity contribution in [2.24, 2.45) is 5.92 Å². The fraction of sp³-hybridized carbons (Fsp3) is 0.562. The second kappa shape index (κ2) is 5.97. The van der Waals surface area contributed by atoms with Gasteiger partial charge in [0.2, 0.25) is 0 Å². The van der Waals surface area contributed by atoms with E-state index in [9.17, 15) is 5.26 Å². The molecule has 4 heteroatoms. The van der Waals surface area contributed by atoms with Gasteiger partial charge in [0.05, 0.1) is 6.07 Å². The Morgan fingerprint density at radius 2 is 1.95 bits per heavy atom. The normalized spacial score (nSPS) is 21.2. The molecule has 2 aliphatic carbocycles. The maximum absolute atomic E-state index is 9.65. The molecule has 0 radical (unpaired) electrons. The van der Waals surface area contributed by atoms with Crippen molar-refractivity contribution in [3.8, 4) is 6.07 Å². The van der Waals surface area contributed by atoms with Crippen LogP contribution in [0.1, 0.15) is 31.2 Å². The topological polar surface area (TPSA) is 35.8 Å². The summed E-state index contributed by atoms with van der Waals surface area (Å²) in [6.07, 6.45) is 4.87. The van der Waals surface area contributed by atoms with Crippen molar-refractivity contribution in [1.29, 1.82) is 5.26 Å². The van der Waals surface area contributed by atoms with Gasteiger partial charge in [-0.3, -0.25) is 5.32 Å². The fourth-order valence-electron chi connectivity index (χ4n) is 2.51. The summed E-state index contributed by atoms with van der Waals surface area (Å²) in [7, 11) is 0. The molecule has 0 heterocycles. The molecule has 1 unspecified atom stereocenters. The summed E-state index contributed by atoms with van der Waals surface area (Å²) in [5, 5.41) is 14.0. The van der Waals surface area contributed by atoms with E-state index in [0.717, 1.165) is 16.5 Å². The molecule has 0 aliphatic heterocycles. The summed E-state index contributed by atoms with van der Waals surface area (Å²) < 4.78 is 0. The summed E-state index contributed by atoms with van der Waals surface area (Å²) >= 11 is 7.75. The number of nitriles is 1.